The van der Waals surface area contributed by atoms with E-state index < -0.39 is 0 Å². The first kappa shape index (κ1) is 11.0. The van der Waals surface area contributed by atoms with E-state index in [0.29, 0.717) is 12.3 Å². The Bertz CT molecular complexity index is 485. The minimum atomic E-state index is -0.293. The molecule has 2 rings (SSSR count). The van der Waals surface area contributed by atoms with Crippen LogP contribution in [0, 0.1) is 6.92 Å². The maximum Gasteiger partial charge on any atom is 0.355 e. The zero-order valence-electron chi connectivity index (χ0n) is 9.24. The van der Waals surface area contributed by atoms with Crippen molar-refractivity contribution < 1.29 is 9.53 Å². The molecule has 0 unspecified atom stereocenters. The molecule has 0 bridgehead atoms. The average Bonchev–Trinajstić information content (AvgIpc) is 2.85. The van der Waals surface area contributed by atoms with Crippen LogP contribution in [0.15, 0.2) is 23.6 Å². The molecule has 0 aliphatic heterocycles. The Morgan fingerprint density at radius 2 is 2.38 bits per heavy atom. The molecule has 0 fully saturated rings. The zero-order chi connectivity index (χ0) is 11.5. The van der Waals surface area contributed by atoms with Crippen LogP contribution in [-0.4, -0.2) is 17.6 Å². The molecular weight excluding hydrogens is 222 g/mol. The third kappa shape index (κ3) is 2.02. The monoisotopic (exact) mass is 235 g/mol. The first-order valence-electron chi connectivity index (χ1n) is 5.13. The van der Waals surface area contributed by atoms with Crippen molar-refractivity contribution in [1.29, 1.82) is 0 Å². The second-order valence-electron chi connectivity index (χ2n) is 3.44. The van der Waals surface area contributed by atoms with Gasteiger partial charge in [-0.25, -0.2) is 4.79 Å². The van der Waals surface area contributed by atoms with Crippen LogP contribution in [-0.2, 0) is 4.74 Å². The Hall–Kier alpha value is -1.55. The summed E-state index contributed by atoms with van der Waals surface area (Å²) in [5.74, 6) is -0.293. The fraction of sp³-hybridized carbons (Fsp3) is 0.250. The molecule has 0 aromatic carbocycles. The lowest BCUT2D eigenvalue weighted by atomic mass is 10.2. The summed E-state index contributed by atoms with van der Waals surface area (Å²) in [6.45, 7) is 4.12. The highest BCUT2D eigenvalue weighted by atomic mass is 32.1. The second kappa shape index (κ2) is 4.53. The van der Waals surface area contributed by atoms with Crippen molar-refractivity contribution in [1.82, 2.24) is 4.98 Å². The molecule has 0 aliphatic carbocycles. The molecule has 2 aromatic rings. The fourth-order valence-corrected chi connectivity index (χ4v) is 2.33. The van der Waals surface area contributed by atoms with Gasteiger partial charge < -0.3 is 9.72 Å². The van der Waals surface area contributed by atoms with E-state index in [-0.39, 0.29) is 5.97 Å². The Morgan fingerprint density at radius 1 is 1.56 bits per heavy atom. The highest BCUT2D eigenvalue weighted by Crippen LogP contribution is 2.29. The average molecular weight is 235 g/mol. The van der Waals surface area contributed by atoms with Gasteiger partial charge in [0.05, 0.1) is 6.61 Å². The zero-order valence-corrected chi connectivity index (χ0v) is 10.1. The molecule has 0 atom stereocenters. The quantitative estimate of drug-likeness (QED) is 0.830. The van der Waals surface area contributed by atoms with Crippen LogP contribution in [0.3, 0.4) is 0 Å². The summed E-state index contributed by atoms with van der Waals surface area (Å²) in [4.78, 5) is 15.9. The first-order chi connectivity index (χ1) is 7.72. The van der Waals surface area contributed by atoms with Gasteiger partial charge in [0, 0.05) is 16.1 Å². The summed E-state index contributed by atoms with van der Waals surface area (Å²) in [7, 11) is 0. The Balaban J connectivity index is 2.42. The lowest BCUT2D eigenvalue weighted by Gasteiger charge is -2.01. The molecule has 2 aromatic heterocycles. The number of hydrogen-bond acceptors (Lipinski definition) is 3. The minimum absolute atomic E-state index is 0.293. The number of H-pyrrole nitrogens is 1. The molecule has 0 spiro atoms. The van der Waals surface area contributed by atoms with Crippen molar-refractivity contribution in [2.75, 3.05) is 6.61 Å². The molecule has 84 valence electrons. The van der Waals surface area contributed by atoms with Crippen LogP contribution < -0.4 is 0 Å². The Kier molecular flexibility index (Phi) is 3.10. The highest BCUT2D eigenvalue weighted by Gasteiger charge is 2.17. The number of nitrogens with one attached hydrogen (secondary N) is 1. The van der Waals surface area contributed by atoms with Crippen molar-refractivity contribution in [2.45, 2.75) is 13.8 Å². The Labute approximate surface area is 98.1 Å². The number of esters is 1. The SMILES string of the molecule is CCOC(=O)c1[nH]c(C)cc1-c1cccs1. The van der Waals surface area contributed by atoms with E-state index in [9.17, 15) is 4.79 Å². The van der Waals surface area contributed by atoms with E-state index in [1.807, 2.05) is 30.5 Å². The number of aromatic amines is 1. The number of carbonyl (C=O) groups excluding carboxylic acids is 1. The van der Waals surface area contributed by atoms with Gasteiger partial charge in [0.1, 0.15) is 5.69 Å². The number of thiophene rings is 1. The predicted octanol–water partition coefficient (Wildman–Crippen LogP) is 3.23. The van der Waals surface area contributed by atoms with E-state index >= 15 is 0 Å². The summed E-state index contributed by atoms with van der Waals surface area (Å²) >= 11 is 1.61. The number of aromatic nitrogens is 1. The Morgan fingerprint density at radius 3 is 3.00 bits per heavy atom. The second-order valence-corrected chi connectivity index (χ2v) is 4.39. The van der Waals surface area contributed by atoms with Crippen LogP contribution in [0.1, 0.15) is 23.1 Å². The van der Waals surface area contributed by atoms with Gasteiger partial charge >= 0.3 is 5.97 Å². The number of hydrogen-bond donors (Lipinski definition) is 1. The summed E-state index contributed by atoms with van der Waals surface area (Å²) in [5.41, 5.74) is 2.43. The molecule has 0 amide bonds. The summed E-state index contributed by atoms with van der Waals surface area (Å²) in [6.07, 6.45) is 0. The van der Waals surface area contributed by atoms with Crippen molar-refractivity contribution in [3.05, 3.63) is 35.0 Å². The van der Waals surface area contributed by atoms with Crippen molar-refractivity contribution >= 4 is 17.3 Å². The van der Waals surface area contributed by atoms with Gasteiger partial charge in [-0.05, 0) is 31.4 Å². The maximum absolute atomic E-state index is 11.7. The van der Waals surface area contributed by atoms with Gasteiger partial charge in [0.15, 0.2) is 0 Å². The molecular formula is C12H13NO2S. The van der Waals surface area contributed by atoms with Crippen molar-refractivity contribution in [2.24, 2.45) is 0 Å². The van der Waals surface area contributed by atoms with Crippen LogP contribution in [0.4, 0.5) is 0 Å². The molecule has 0 saturated heterocycles. The number of rotatable bonds is 3. The van der Waals surface area contributed by atoms with Crippen molar-refractivity contribution in [3.63, 3.8) is 0 Å². The lowest BCUT2D eigenvalue weighted by Crippen LogP contribution is -2.06. The molecule has 16 heavy (non-hydrogen) atoms. The summed E-state index contributed by atoms with van der Waals surface area (Å²) in [6, 6.07) is 5.94. The smallest absolute Gasteiger partial charge is 0.355 e. The largest absolute Gasteiger partial charge is 0.461 e. The first-order valence-corrected chi connectivity index (χ1v) is 6.01. The molecule has 1 N–H and O–H groups in total. The van der Waals surface area contributed by atoms with Crippen LogP contribution in [0.25, 0.3) is 10.4 Å². The van der Waals surface area contributed by atoms with Gasteiger partial charge in [0.25, 0.3) is 0 Å². The van der Waals surface area contributed by atoms with E-state index in [0.717, 1.165) is 16.1 Å². The van der Waals surface area contributed by atoms with Crippen LogP contribution in [0.5, 0.6) is 0 Å². The number of carbonyl (C=O) groups is 1. The number of ether oxygens (including phenoxy) is 1. The third-order valence-electron chi connectivity index (χ3n) is 2.22. The summed E-state index contributed by atoms with van der Waals surface area (Å²) < 4.78 is 5.01. The molecule has 0 aliphatic rings. The molecule has 0 saturated carbocycles. The normalized spacial score (nSPS) is 10.4. The van der Waals surface area contributed by atoms with E-state index in [1.165, 1.54) is 0 Å². The van der Waals surface area contributed by atoms with Gasteiger partial charge in [-0.2, -0.15) is 0 Å². The van der Waals surface area contributed by atoms with E-state index in [2.05, 4.69) is 4.98 Å². The van der Waals surface area contributed by atoms with Gasteiger partial charge in [-0.1, -0.05) is 6.07 Å². The highest BCUT2D eigenvalue weighted by molar-refractivity contribution is 7.13. The van der Waals surface area contributed by atoms with Gasteiger partial charge in [-0.3, -0.25) is 0 Å². The summed E-state index contributed by atoms with van der Waals surface area (Å²) in [5, 5.41) is 1.99. The van der Waals surface area contributed by atoms with Gasteiger partial charge in [-0.15, -0.1) is 11.3 Å². The number of aryl methyl sites for hydroxylation is 1. The molecule has 2 heterocycles. The fourth-order valence-electron chi connectivity index (χ4n) is 1.58. The molecule has 3 nitrogen and oxygen atoms in total. The molecule has 4 heteroatoms. The maximum atomic E-state index is 11.7. The molecule has 0 radical (unpaired) electrons. The van der Waals surface area contributed by atoms with E-state index in [4.69, 9.17) is 4.74 Å². The lowest BCUT2D eigenvalue weighted by molar-refractivity contribution is 0.0521. The topological polar surface area (TPSA) is 42.1 Å². The standard InChI is InChI=1S/C12H13NO2S/c1-3-15-12(14)11-9(7-8(2)13-11)10-5-4-6-16-10/h4-7,13H,3H2,1-2H3. The minimum Gasteiger partial charge on any atom is -0.461 e. The third-order valence-corrected chi connectivity index (χ3v) is 3.12. The van der Waals surface area contributed by atoms with Crippen LogP contribution >= 0.6 is 11.3 Å². The van der Waals surface area contributed by atoms with Gasteiger partial charge in [0.2, 0.25) is 0 Å². The van der Waals surface area contributed by atoms with Crippen molar-refractivity contribution in [3.8, 4) is 10.4 Å². The van der Waals surface area contributed by atoms with Crippen LogP contribution in [0.2, 0.25) is 0 Å². The predicted molar refractivity (Wildman–Crippen MR) is 64.8 cm³/mol. The van der Waals surface area contributed by atoms with E-state index in [1.54, 1.807) is 18.3 Å².